The summed E-state index contributed by atoms with van der Waals surface area (Å²) in [6, 6.07) is 0. The van der Waals surface area contributed by atoms with E-state index >= 15 is 0 Å². The van der Waals surface area contributed by atoms with E-state index in [0.29, 0.717) is 6.61 Å². The van der Waals surface area contributed by atoms with Gasteiger partial charge in [0, 0.05) is 0 Å². The Balaban J connectivity index is 1.81. The fourth-order valence-electron chi connectivity index (χ4n) is 7.89. The van der Waals surface area contributed by atoms with Crippen molar-refractivity contribution in [1.29, 1.82) is 0 Å². The lowest BCUT2D eigenvalue weighted by molar-refractivity contribution is -0.188. The molecule has 0 aromatic heterocycles. The number of carbonyl (C=O) groups excluding carboxylic acids is 1. The average molecular weight is 661 g/mol. The van der Waals surface area contributed by atoms with Crippen LogP contribution in [0.2, 0.25) is 0 Å². The van der Waals surface area contributed by atoms with Gasteiger partial charge in [0.05, 0.1) is 0 Å². The molecule has 0 bridgehead atoms. The molecule has 1 unspecified atom stereocenters. The van der Waals surface area contributed by atoms with Gasteiger partial charge in [0.2, 0.25) is 0 Å². The largest absolute Gasteiger partial charge is 0.464 e. The summed E-state index contributed by atoms with van der Waals surface area (Å²) < 4.78 is 5.29. The molecule has 0 aliphatic carbocycles. The van der Waals surface area contributed by atoms with Crippen LogP contribution < -0.4 is 0 Å². The molecule has 1 rings (SSSR count). The summed E-state index contributed by atoms with van der Waals surface area (Å²) in [7, 11) is 0. The van der Waals surface area contributed by atoms with Crippen molar-refractivity contribution >= 4 is 5.97 Å². The predicted octanol–water partition coefficient (Wildman–Crippen LogP) is 16.2. The summed E-state index contributed by atoms with van der Waals surface area (Å²) in [6.07, 6.45) is 55.9. The second kappa shape index (κ2) is 35.3. The molecule has 1 saturated heterocycles. The fraction of sp³-hybridized carbons (Fsp3) is 0.978. The first-order valence-electron chi connectivity index (χ1n) is 22.4. The molecule has 1 heterocycles. The van der Waals surface area contributed by atoms with Crippen molar-refractivity contribution in [2.24, 2.45) is 5.41 Å². The van der Waals surface area contributed by atoms with Crippen molar-refractivity contribution in [1.82, 2.24) is 0 Å². The molecule has 0 aromatic rings. The lowest BCUT2D eigenvalue weighted by atomic mass is 9.75. The van der Waals surface area contributed by atoms with Crippen molar-refractivity contribution in [2.45, 2.75) is 271 Å². The number of unbranched alkanes of at least 4 members (excludes halogenated alkanes) is 36. The average Bonchev–Trinajstić information content (AvgIpc) is 3.08. The van der Waals surface area contributed by atoms with Crippen LogP contribution in [-0.2, 0) is 9.53 Å². The summed E-state index contributed by atoms with van der Waals surface area (Å²) in [5.74, 6) is 0.113. The van der Waals surface area contributed by atoms with E-state index in [-0.39, 0.29) is 11.4 Å². The molecule has 1 atom stereocenters. The van der Waals surface area contributed by atoms with Crippen molar-refractivity contribution in [3.8, 4) is 0 Å². The molecule has 0 amide bonds. The number of carbonyl (C=O) groups is 1. The van der Waals surface area contributed by atoms with Gasteiger partial charge in [0.25, 0.3) is 0 Å². The van der Waals surface area contributed by atoms with E-state index < -0.39 is 0 Å². The van der Waals surface area contributed by atoms with Crippen LogP contribution in [0.5, 0.6) is 0 Å². The van der Waals surface area contributed by atoms with E-state index in [1.54, 1.807) is 0 Å². The first-order chi connectivity index (χ1) is 23.2. The lowest BCUT2D eigenvalue weighted by Gasteiger charge is -2.39. The molecular formula is C45H88O2. The summed E-state index contributed by atoms with van der Waals surface area (Å²) >= 11 is 0. The van der Waals surface area contributed by atoms with Gasteiger partial charge < -0.3 is 4.74 Å². The zero-order valence-electron chi connectivity index (χ0n) is 32.8. The van der Waals surface area contributed by atoms with Crippen LogP contribution in [-0.4, -0.2) is 12.6 Å². The standard InChI is InChI=1S/C45H88O2/c1-3-5-7-9-11-13-15-17-19-21-23-24-26-28-30-32-34-36-38-40-42-45(43-47-44(45)46)41-39-37-35-33-31-29-27-25-22-20-18-16-14-12-10-8-6-4-2/h3-43H2,1-2H3. The smallest absolute Gasteiger partial charge is 0.315 e. The minimum Gasteiger partial charge on any atom is -0.464 e. The van der Waals surface area contributed by atoms with Crippen molar-refractivity contribution in [2.75, 3.05) is 6.61 Å². The molecule has 0 N–H and O–H groups in total. The van der Waals surface area contributed by atoms with Gasteiger partial charge in [0.15, 0.2) is 0 Å². The highest BCUT2D eigenvalue weighted by molar-refractivity contribution is 5.81. The van der Waals surface area contributed by atoms with E-state index in [4.69, 9.17) is 4.74 Å². The topological polar surface area (TPSA) is 26.3 Å². The zero-order chi connectivity index (χ0) is 33.8. The van der Waals surface area contributed by atoms with E-state index in [1.165, 1.54) is 244 Å². The summed E-state index contributed by atoms with van der Waals surface area (Å²) in [4.78, 5) is 12.4. The quantitative estimate of drug-likeness (QED) is 0.0483. The van der Waals surface area contributed by atoms with Crippen molar-refractivity contribution < 1.29 is 9.53 Å². The molecule has 0 aromatic carbocycles. The maximum absolute atomic E-state index is 12.4. The Morgan fingerprint density at radius 1 is 0.340 bits per heavy atom. The molecule has 280 valence electrons. The van der Waals surface area contributed by atoms with Crippen LogP contribution in [0.3, 0.4) is 0 Å². The Morgan fingerprint density at radius 3 is 0.681 bits per heavy atom. The maximum atomic E-state index is 12.4. The lowest BCUT2D eigenvalue weighted by Crippen LogP contribution is -2.48. The molecule has 2 nitrogen and oxygen atoms in total. The monoisotopic (exact) mass is 661 g/mol. The summed E-state index contributed by atoms with van der Waals surface area (Å²) in [5.41, 5.74) is -0.108. The van der Waals surface area contributed by atoms with Crippen LogP contribution in [0.4, 0.5) is 0 Å². The fourth-order valence-corrected chi connectivity index (χ4v) is 7.89. The predicted molar refractivity (Wildman–Crippen MR) is 209 cm³/mol. The number of ether oxygens (including phenoxy) is 1. The molecular weight excluding hydrogens is 572 g/mol. The zero-order valence-corrected chi connectivity index (χ0v) is 32.8. The van der Waals surface area contributed by atoms with Crippen LogP contribution in [0.15, 0.2) is 0 Å². The molecule has 47 heavy (non-hydrogen) atoms. The Bertz CT molecular complexity index is 629. The Morgan fingerprint density at radius 2 is 0.532 bits per heavy atom. The number of hydrogen-bond donors (Lipinski definition) is 0. The van der Waals surface area contributed by atoms with Gasteiger partial charge in [-0.3, -0.25) is 4.79 Å². The van der Waals surface area contributed by atoms with Gasteiger partial charge in [-0.25, -0.2) is 0 Å². The third-order valence-corrected chi connectivity index (χ3v) is 11.4. The van der Waals surface area contributed by atoms with Crippen molar-refractivity contribution in [3.63, 3.8) is 0 Å². The normalized spacial score (nSPS) is 16.1. The highest BCUT2D eigenvalue weighted by Crippen LogP contribution is 2.40. The van der Waals surface area contributed by atoms with Gasteiger partial charge in [-0.2, -0.15) is 0 Å². The molecule has 1 aliphatic heterocycles. The minimum atomic E-state index is -0.108. The third kappa shape index (κ3) is 27.9. The highest BCUT2D eigenvalue weighted by atomic mass is 16.6. The second-order valence-corrected chi connectivity index (χ2v) is 16.1. The molecule has 1 aliphatic rings. The number of esters is 1. The second-order valence-electron chi connectivity index (χ2n) is 16.1. The van der Waals surface area contributed by atoms with E-state index in [2.05, 4.69) is 13.8 Å². The Kier molecular flexibility index (Phi) is 33.4. The number of cyclic esters (lactones) is 1. The SMILES string of the molecule is CCCCCCCCCCCCCCCCCCCCCCC1(CCCCCCCCCCCCCCCCCCCC)COC1=O. The first-order valence-corrected chi connectivity index (χ1v) is 22.4. The summed E-state index contributed by atoms with van der Waals surface area (Å²) in [5, 5.41) is 0. The van der Waals surface area contributed by atoms with Gasteiger partial charge in [-0.1, -0.05) is 258 Å². The number of rotatable bonds is 40. The molecule has 0 spiro atoms. The number of hydrogen-bond acceptors (Lipinski definition) is 2. The van der Waals surface area contributed by atoms with Crippen LogP contribution >= 0.6 is 0 Å². The van der Waals surface area contributed by atoms with Gasteiger partial charge in [0.1, 0.15) is 12.0 Å². The van der Waals surface area contributed by atoms with Crippen LogP contribution in [0, 0.1) is 5.41 Å². The van der Waals surface area contributed by atoms with Crippen LogP contribution in [0.25, 0.3) is 0 Å². The van der Waals surface area contributed by atoms with E-state index in [9.17, 15) is 4.79 Å². The maximum Gasteiger partial charge on any atom is 0.315 e. The van der Waals surface area contributed by atoms with E-state index in [0.717, 1.165) is 12.8 Å². The Hall–Kier alpha value is -0.530. The molecule has 0 radical (unpaired) electrons. The molecule has 2 heteroatoms. The van der Waals surface area contributed by atoms with Gasteiger partial charge in [-0.15, -0.1) is 0 Å². The molecule has 1 fully saturated rings. The van der Waals surface area contributed by atoms with Gasteiger partial charge >= 0.3 is 5.97 Å². The molecule has 0 saturated carbocycles. The third-order valence-electron chi connectivity index (χ3n) is 11.4. The van der Waals surface area contributed by atoms with Crippen molar-refractivity contribution in [3.05, 3.63) is 0 Å². The Labute approximate surface area is 297 Å². The van der Waals surface area contributed by atoms with Gasteiger partial charge in [-0.05, 0) is 12.8 Å². The highest BCUT2D eigenvalue weighted by Gasteiger charge is 2.47. The van der Waals surface area contributed by atoms with Crippen LogP contribution in [0.1, 0.15) is 271 Å². The summed E-state index contributed by atoms with van der Waals surface area (Å²) in [6.45, 7) is 5.30. The minimum absolute atomic E-state index is 0.108. The van der Waals surface area contributed by atoms with E-state index in [1.807, 2.05) is 0 Å². The first kappa shape index (κ1) is 44.5.